The maximum atomic E-state index is 8.95. The first-order chi connectivity index (χ1) is 9.79. The molecule has 0 atom stereocenters. The van der Waals surface area contributed by atoms with E-state index >= 15 is 0 Å². The summed E-state index contributed by atoms with van der Waals surface area (Å²) in [6.07, 6.45) is 2.64. The van der Waals surface area contributed by atoms with Gasteiger partial charge in [0.25, 0.3) is 0 Å². The predicted octanol–water partition coefficient (Wildman–Crippen LogP) is 3.22. The third-order valence-electron chi connectivity index (χ3n) is 2.56. The Hall–Kier alpha value is -2.06. The number of nitrogens with zero attached hydrogens (tertiary/aromatic N) is 3. The molecule has 102 valence electrons. The fourth-order valence-electron chi connectivity index (χ4n) is 1.58. The summed E-state index contributed by atoms with van der Waals surface area (Å²) in [5.74, 6) is 1.53. The van der Waals surface area contributed by atoms with Crippen LogP contribution in [0.2, 0.25) is 0 Å². The molecular weight excluding hydrogens is 270 g/mol. The van der Waals surface area contributed by atoms with E-state index in [-0.39, 0.29) is 0 Å². The van der Waals surface area contributed by atoms with Crippen molar-refractivity contribution >= 4 is 11.8 Å². The highest BCUT2D eigenvalue weighted by molar-refractivity contribution is 7.99. The maximum absolute atomic E-state index is 8.95. The van der Waals surface area contributed by atoms with Crippen LogP contribution in [0.3, 0.4) is 0 Å². The largest absolute Gasteiger partial charge is 0.492 e. The topological polar surface area (TPSA) is 58.8 Å². The van der Waals surface area contributed by atoms with Crippen molar-refractivity contribution in [2.24, 2.45) is 0 Å². The fourth-order valence-corrected chi connectivity index (χ4v) is 2.37. The highest BCUT2D eigenvalue weighted by Crippen LogP contribution is 2.18. The van der Waals surface area contributed by atoms with Gasteiger partial charge in [0.2, 0.25) is 0 Å². The van der Waals surface area contributed by atoms with Gasteiger partial charge in [-0.1, -0.05) is 23.9 Å². The van der Waals surface area contributed by atoms with Crippen molar-refractivity contribution in [3.05, 3.63) is 47.8 Å². The minimum absolute atomic E-state index is 0.571. The maximum Gasteiger partial charge on any atom is 0.187 e. The molecule has 0 radical (unpaired) electrons. The average Bonchev–Trinajstić information content (AvgIpc) is 2.47. The highest BCUT2D eigenvalue weighted by atomic mass is 32.2. The third kappa shape index (κ3) is 4.25. The Morgan fingerprint density at radius 3 is 2.95 bits per heavy atom. The van der Waals surface area contributed by atoms with E-state index < -0.39 is 0 Å². The Morgan fingerprint density at radius 1 is 1.30 bits per heavy atom. The lowest BCUT2D eigenvalue weighted by molar-refractivity contribution is 0.318. The molecule has 0 saturated carbocycles. The first-order valence-corrected chi connectivity index (χ1v) is 7.32. The first kappa shape index (κ1) is 14.4. The van der Waals surface area contributed by atoms with Crippen molar-refractivity contribution < 1.29 is 4.74 Å². The number of aromatic nitrogens is 2. The Labute approximate surface area is 122 Å². The molecular formula is C15H15N3OS. The van der Waals surface area contributed by atoms with Gasteiger partial charge in [-0.2, -0.15) is 5.26 Å². The molecule has 0 aliphatic carbocycles. The van der Waals surface area contributed by atoms with E-state index in [4.69, 9.17) is 10.00 Å². The molecule has 0 bridgehead atoms. The normalized spacial score (nSPS) is 10.0. The highest BCUT2D eigenvalue weighted by Gasteiger charge is 2.02. The molecule has 2 aromatic rings. The van der Waals surface area contributed by atoms with Gasteiger partial charge in [0.15, 0.2) is 5.16 Å². The van der Waals surface area contributed by atoms with Gasteiger partial charge in [0, 0.05) is 17.6 Å². The second kappa shape index (κ2) is 7.51. The molecule has 0 aliphatic heterocycles. The van der Waals surface area contributed by atoms with Crippen LogP contribution < -0.4 is 4.74 Å². The van der Waals surface area contributed by atoms with Gasteiger partial charge >= 0.3 is 0 Å². The molecule has 0 unspecified atom stereocenters. The van der Waals surface area contributed by atoms with Crippen LogP contribution in [0.1, 0.15) is 17.7 Å². The van der Waals surface area contributed by atoms with Crippen molar-refractivity contribution in [3.63, 3.8) is 0 Å². The van der Waals surface area contributed by atoms with Crippen molar-refractivity contribution in [2.45, 2.75) is 18.5 Å². The molecule has 1 aromatic heterocycles. The Bertz CT molecular complexity index is 610. The summed E-state index contributed by atoms with van der Waals surface area (Å²) in [7, 11) is 0. The van der Waals surface area contributed by atoms with Gasteiger partial charge in [0.1, 0.15) is 11.8 Å². The quantitative estimate of drug-likeness (QED) is 0.463. The van der Waals surface area contributed by atoms with E-state index in [0.29, 0.717) is 17.9 Å². The van der Waals surface area contributed by atoms with Gasteiger partial charge < -0.3 is 4.74 Å². The van der Waals surface area contributed by atoms with Crippen LogP contribution in [0.5, 0.6) is 5.75 Å². The minimum Gasteiger partial charge on any atom is -0.492 e. The smallest absolute Gasteiger partial charge is 0.187 e. The first-order valence-electron chi connectivity index (χ1n) is 6.34. The second-order valence-corrected chi connectivity index (χ2v) is 5.20. The van der Waals surface area contributed by atoms with E-state index in [2.05, 4.69) is 16.0 Å². The van der Waals surface area contributed by atoms with Crippen molar-refractivity contribution in [1.82, 2.24) is 9.97 Å². The van der Waals surface area contributed by atoms with Gasteiger partial charge in [-0.25, -0.2) is 9.97 Å². The van der Waals surface area contributed by atoms with Gasteiger partial charge in [-0.05, 0) is 31.5 Å². The zero-order valence-electron chi connectivity index (χ0n) is 11.2. The molecule has 1 heterocycles. The number of ether oxygens (including phenoxy) is 1. The van der Waals surface area contributed by atoms with Crippen LogP contribution in [-0.2, 0) is 0 Å². The Balaban J connectivity index is 1.73. The molecule has 0 amide bonds. The molecule has 5 heteroatoms. The molecule has 0 saturated heterocycles. The number of hydrogen-bond donors (Lipinski definition) is 0. The fraction of sp³-hybridized carbons (Fsp3) is 0.267. The summed E-state index contributed by atoms with van der Waals surface area (Å²) < 4.78 is 5.61. The summed E-state index contributed by atoms with van der Waals surface area (Å²) >= 11 is 1.61. The number of rotatable bonds is 6. The summed E-state index contributed by atoms with van der Waals surface area (Å²) in [5, 5.41) is 9.74. The number of hydrogen-bond acceptors (Lipinski definition) is 5. The number of benzene rings is 1. The molecule has 1 aromatic carbocycles. The molecule has 0 N–H and O–H groups in total. The molecule has 20 heavy (non-hydrogen) atoms. The van der Waals surface area contributed by atoms with Crippen LogP contribution in [0.15, 0.2) is 41.7 Å². The average molecular weight is 285 g/mol. The van der Waals surface area contributed by atoms with Gasteiger partial charge in [-0.15, -0.1) is 0 Å². The molecule has 0 aliphatic rings. The summed E-state index contributed by atoms with van der Waals surface area (Å²) in [4.78, 5) is 8.52. The number of para-hydroxylation sites is 1. The number of thioether (sulfide) groups is 1. The predicted molar refractivity (Wildman–Crippen MR) is 78.8 cm³/mol. The number of nitriles is 1. The minimum atomic E-state index is 0.571. The molecule has 4 nitrogen and oxygen atoms in total. The van der Waals surface area contributed by atoms with Crippen molar-refractivity contribution in [3.8, 4) is 11.8 Å². The van der Waals surface area contributed by atoms with Crippen LogP contribution in [0.25, 0.3) is 0 Å². The van der Waals surface area contributed by atoms with E-state index in [1.807, 2.05) is 31.2 Å². The third-order valence-corrected chi connectivity index (χ3v) is 3.51. The lowest BCUT2D eigenvalue weighted by Crippen LogP contribution is -2.00. The SMILES string of the molecule is Cc1ccnc(SCCCOc2ccccc2C#N)n1. The van der Waals surface area contributed by atoms with Crippen molar-refractivity contribution in [2.75, 3.05) is 12.4 Å². The Morgan fingerprint density at radius 2 is 2.15 bits per heavy atom. The lowest BCUT2D eigenvalue weighted by atomic mass is 10.2. The van der Waals surface area contributed by atoms with Crippen molar-refractivity contribution in [1.29, 1.82) is 5.26 Å². The summed E-state index contributed by atoms with van der Waals surface area (Å²) in [5.41, 5.74) is 1.55. The van der Waals surface area contributed by atoms with E-state index in [1.54, 1.807) is 24.0 Å². The van der Waals surface area contributed by atoms with Gasteiger partial charge in [-0.3, -0.25) is 0 Å². The molecule has 0 spiro atoms. The van der Waals surface area contributed by atoms with E-state index in [0.717, 1.165) is 23.0 Å². The van der Waals surface area contributed by atoms with E-state index in [1.165, 1.54) is 0 Å². The summed E-state index contributed by atoms with van der Waals surface area (Å²) in [6.45, 7) is 2.53. The number of aryl methyl sites for hydroxylation is 1. The standard InChI is InChI=1S/C15H15N3OS/c1-12-7-8-17-15(18-12)20-10-4-9-19-14-6-3-2-5-13(14)11-16/h2-3,5-8H,4,9-10H2,1H3. The Kier molecular flexibility index (Phi) is 5.39. The van der Waals surface area contributed by atoms with E-state index in [9.17, 15) is 0 Å². The zero-order chi connectivity index (χ0) is 14.2. The monoisotopic (exact) mass is 285 g/mol. The lowest BCUT2D eigenvalue weighted by Gasteiger charge is -2.07. The van der Waals surface area contributed by atoms with Crippen LogP contribution in [0, 0.1) is 18.3 Å². The second-order valence-electron chi connectivity index (χ2n) is 4.14. The van der Waals surface area contributed by atoms with Crippen LogP contribution in [-0.4, -0.2) is 22.3 Å². The van der Waals surface area contributed by atoms with Crippen LogP contribution in [0.4, 0.5) is 0 Å². The van der Waals surface area contributed by atoms with Gasteiger partial charge in [0.05, 0.1) is 12.2 Å². The van der Waals surface area contributed by atoms with Crippen LogP contribution >= 0.6 is 11.8 Å². The summed E-state index contributed by atoms with van der Waals surface area (Å²) in [6, 6.07) is 11.3. The molecule has 0 fully saturated rings. The molecule has 2 rings (SSSR count). The zero-order valence-corrected chi connectivity index (χ0v) is 12.1.